The minimum Gasteiger partial charge on any atom is -0.368 e. The Bertz CT molecular complexity index is 1440. The molecular weight excluding hydrogens is 491 g/mol. The average Bonchev–Trinajstić information content (AvgIpc) is 3.79. The van der Waals surface area contributed by atoms with E-state index in [2.05, 4.69) is 34.7 Å². The van der Waals surface area contributed by atoms with Gasteiger partial charge in [0, 0.05) is 49.0 Å². The highest BCUT2D eigenvalue weighted by atomic mass is 32.1. The summed E-state index contributed by atoms with van der Waals surface area (Å²) in [5, 5.41) is 5.50. The second kappa shape index (κ2) is 9.05. The fourth-order valence-corrected chi connectivity index (χ4v) is 5.65. The summed E-state index contributed by atoms with van der Waals surface area (Å²) in [6.45, 7) is 1.23. The minimum absolute atomic E-state index is 0.287. The number of halogens is 1. The highest BCUT2D eigenvalue weighted by Crippen LogP contribution is 2.40. The van der Waals surface area contributed by atoms with Crippen molar-refractivity contribution in [2.75, 3.05) is 23.3 Å². The molecule has 3 fully saturated rings. The quantitative estimate of drug-likeness (QED) is 0.371. The molecule has 0 bridgehead atoms. The molecule has 7 rings (SSSR count). The normalized spacial score (nSPS) is 18.4. The summed E-state index contributed by atoms with van der Waals surface area (Å²) in [7, 11) is 0. The van der Waals surface area contributed by atoms with E-state index in [0.717, 1.165) is 53.6 Å². The third-order valence-corrected chi connectivity index (χ3v) is 8.12. The zero-order valence-corrected chi connectivity index (χ0v) is 21.1. The van der Waals surface area contributed by atoms with Crippen LogP contribution in [-0.4, -0.2) is 54.2 Å². The van der Waals surface area contributed by atoms with Crippen LogP contribution in [0.5, 0.6) is 0 Å². The van der Waals surface area contributed by atoms with Gasteiger partial charge >= 0.3 is 0 Å². The molecule has 3 aliphatic rings. The molecule has 4 aromatic heterocycles. The molecule has 1 aliphatic heterocycles. The number of nitrogens with zero attached hydrogens (tertiary/aromatic N) is 7. The van der Waals surface area contributed by atoms with Crippen molar-refractivity contribution >= 4 is 28.7 Å². The summed E-state index contributed by atoms with van der Waals surface area (Å²) in [5.41, 5.74) is 3.05. The van der Waals surface area contributed by atoms with Gasteiger partial charge in [0.25, 0.3) is 5.91 Å². The lowest BCUT2D eigenvalue weighted by molar-refractivity contribution is 0.102. The Labute approximate surface area is 217 Å². The van der Waals surface area contributed by atoms with Gasteiger partial charge < -0.3 is 19.4 Å². The van der Waals surface area contributed by atoms with Crippen LogP contribution in [0.4, 0.5) is 15.9 Å². The molecule has 5 heterocycles. The lowest BCUT2D eigenvalue weighted by Gasteiger charge is -2.32. The molecule has 190 valence electrons. The molecule has 4 aromatic rings. The zero-order valence-electron chi connectivity index (χ0n) is 20.3. The van der Waals surface area contributed by atoms with Crippen LogP contribution in [0, 0.1) is 0 Å². The molecule has 37 heavy (non-hydrogen) atoms. The number of alkyl halides is 1. The highest BCUT2D eigenvalue weighted by molar-refractivity contribution is 7.13. The van der Waals surface area contributed by atoms with Gasteiger partial charge in [0.15, 0.2) is 10.8 Å². The molecule has 2 saturated carbocycles. The zero-order chi connectivity index (χ0) is 24.9. The van der Waals surface area contributed by atoms with Gasteiger partial charge in [0.2, 0.25) is 0 Å². The Kier molecular flexibility index (Phi) is 5.53. The van der Waals surface area contributed by atoms with Crippen LogP contribution >= 0.6 is 11.3 Å². The van der Waals surface area contributed by atoms with Gasteiger partial charge in [-0.1, -0.05) is 0 Å². The van der Waals surface area contributed by atoms with Gasteiger partial charge in [-0.3, -0.25) is 4.79 Å². The number of carbonyl (C=O) groups excluding carboxylic acids is 1. The van der Waals surface area contributed by atoms with Crippen LogP contribution in [0.15, 0.2) is 42.6 Å². The monoisotopic (exact) mass is 518 g/mol. The number of hydrogen-bond donors (Lipinski definition) is 1. The van der Waals surface area contributed by atoms with Crippen molar-refractivity contribution < 1.29 is 9.18 Å². The molecule has 0 unspecified atom stereocenters. The van der Waals surface area contributed by atoms with Gasteiger partial charge in [-0.25, -0.2) is 24.3 Å². The Morgan fingerprint density at radius 3 is 2.68 bits per heavy atom. The van der Waals surface area contributed by atoms with Crippen molar-refractivity contribution in [2.45, 2.75) is 56.7 Å². The first-order valence-electron chi connectivity index (χ1n) is 12.9. The number of imidazole rings is 2. The summed E-state index contributed by atoms with van der Waals surface area (Å²) in [6.07, 6.45) is 14.2. The molecule has 9 nitrogen and oxygen atoms in total. The average molecular weight is 519 g/mol. The second-order valence-corrected chi connectivity index (χ2v) is 10.9. The molecule has 0 aromatic carbocycles. The summed E-state index contributed by atoms with van der Waals surface area (Å²) in [5.74, 6) is 1.50. The number of thiazole rings is 1. The van der Waals surface area contributed by atoms with E-state index in [9.17, 15) is 9.18 Å². The molecule has 1 N–H and O–H groups in total. The summed E-state index contributed by atoms with van der Waals surface area (Å²) < 4.78 is 17.9. The summed E-state index contributed by atoms with van der Waals surface area (Å²) in [6, 6.07) is 2.29. The Morgan fingerprint density at radius 1 is 1.05 bits per heavy atom. The van der Waals surface area contributed by atoms with Gasteiger partial charge in [0.1, 0.15) is 17.7 Å². The number of pyridine rings is 1. The van der Waals surface area contributed by atoms with E-state index in [1.54, 1.807) is 24.8 Å². The predicted molar refractivity (Wildman–Crippen MR) is 139 cm³/mol. The van der Waals surface area contributed by atoms with Crippen molar-refractivity contribution in [3.8, 4) is 16.5 Å². The van der Waals surface area contributed by atoms with Crippen LogP contribution in [0.25, 0.3) is 16.5 Å². The maximum absolute atomic E-state index is 13.8. The first kappa shape index (κ1) is 22.6. The molecule has 1 amide bonds. The SMILES string of the molecule is O=C(Nc1csc(-c2nccn2C2CC2)n1)c1cc(-n2cnc(C3CC3)c2)c(N2CCC(F)CC2)cn1. The summed E-state index contributed by atoms with van der Waals surface area (Å²) in [4.78, 5) is 33.5. The van der Waals surface area contributed by atoms with Crippen LogP contribution in [-0.2, 0) is 0 Å². The molecule has 0 atom stereocenters. The molecule has 11 heteroatoms. The Morgan fingerprint density at radius 2 is 1.89 bits per heavy atom. The van der Waals surface area contributed by atoms with Crippen molar-refractivity contribution in [1.29, 1.82) is 0 Å². The molecule has 0 spiro atoms. The molecular formula is C26H27FN8OS. The fraction of sp³-hybridized carbons (Fsp3) is 0.423. The fourth-order valence-electron chi connectivity index (χ4n) is 4.90. The van der Waals surface area contributed by atoms with E-state index < -0.39 is 6.17 Å². The number of carbonyl (C=O) groups is 1. The van der Waals surface area contributed by atoms with Crippen LogP contribution in [0.1, 0.15) is 66.7 Å². The van der Waals surface area contributed by atoms with Gasteiger partial charge in [-0.2, -0.15) is 0 Å². The third-order valence-electron chi connectivity index (χ3n) is 7.28. The van der Waals surface area contributed by atoms with Gasteiger partial charge in [-0.05, 0) is 44.6 Å². The van der Waals surface area contributed by atoms with Crippen molar-refractivity contribution in [3.63, 3.8) is 0 Å². The Balaban J connectivity index is 1.15. The first-order valence-corrected chi connectivity index (χ1v) is 13.7. The largest absolute Gasteiger partial charge is 0.368 e. The number of nitrogens with one attached hydrogen (secondary N) is 1. The minimum atomic E-state index is -0.766. The van der Waals surface area contributed by atoms with Gasteiger partial charge in [-0.15, -0.1) is 11.3 Å². The Hall–Kier alpha value is -3.60. The van der Waals surface area contributed by atoms with E-state index in [0.29, 0.717) is 43.7 Å². The number of aromatic nitrogens is 6. The molecule has 0 radical (unpaired) electrons. The molecule has 2 aliphatic carbocycles. The van der Waals surface area contributed by atoms with Gasteiger partial charge in [0.05, 0.1) is 29.6 Å². The van der Waals surface area contributed by atoms with Crippen molar-refractivity contribution in [1.82, 2.24) is 29.1 Å². The van der Waals surface area contributed by atoms with Crippen LogP contribution < -0.4 is 10.2 Å². The van der Waals surface area contributed by atoms with Crippen LogP contribution in [0.3, 0.4) is 0 Å². The van der Waals surface area contributed by atoms with E-state index >= 15 is 0 Å². The topological polar surface area (TPSA) is 93.8 Å². The standard InChI is InChI=1S/C26H27FN8OS/c27-17-5-8-33(9-6-17)22-12-29-19(11-21(22)34-13-20(30-15-34)16-1-2-16)25(36)31-23-14-37-26(32-23)24-28-7-10-35(24)18-3-4-18/h7,10-18H,1-6,8-9H2,(H,31,36). The number of hydrogen-bond acceptors (Lipinski definition) is 7. The number of rotatable bonds is 7. The van der Waals surface area contributed by atoms with Crippen molar-refractivity contribution in [3.05, 3.63) is 53.9 Å². The van der Waals surface area contributed by atoms with E-state index in [1.807, 2.05) is 22.3 Å². The third kappa shape index (κ3) is 4.52. The number of amides is 1. The number of anilines is 2. The lowest BCUT2D eigenvalue weighted by atomic mass is 10.1. The van der Waals surface area contributed by atoms with E-state index in [1.165, 1.54) is 11.3 Å². The van der Waals surface area contributed by atoms with Crippen LogP contribution in [0.2, 0.25) is 0 Å². The molecule has 1 saturated heterocycles. The highest BCUT2D eigenvalue weighted by Gasteiger charge is 2.28. The number of piperidine rings is 1. The lowest BCUT2D eigenvalue weighted by Crippen LogP contribution is -2.35. The van der Waals surface area contributed by atoms with E-state index in [-0.39, 0.29) is 11.6 Å². The maximum atomic E-state index is 13.8. The van der Waals surface area contributed by atoms with E-state index in [4.69, 9.17) is 0 Å². The first-order chi connectivity index (χ1) is 18.1. The second-order valence-electron chi connectivity index (χ2n) is 10.1. The van der Waals surface area contributed by atoms with Crippen molar-refractivity contribution in [2.24, 2.45) is 0 Å². The maximum Gasteiger partial charge on any atom is 0.275 e. The predicted octanol–water partition coefficient (Wildman–Crippen LogP) is 4.99. The smallest absolute Gasteiger partial charge is 0.275 e. The summed E-state index contributed by atoms with van der Waals surface area (Å²) >= 11 is 1.46.